The zero-order valence-corrected chi connectivity index (χ0v) is 17.4. The number of aryl methyl sites for hydroxylation is 1. The van der Waals surface area contributed by atoms with Crippen molar-refractivity contribution in [1.29, 1.82) is 0 Å². The number of hydrogen-bond donors (Lipinski definition) is 1. The molecular formula is C24H28N4O. The van der Waals surface area contributed by atoms with Gasteiger partial charge in [-0.1, -0.05) is 42.5 Å². The number of carbonyl (C=O) groups excluding carboxylic acids is 1. The van der Waals surface area contributed by atoms with Crippen molar-refractivity contribution in [2.24, 2.45) is 0 Å². The molecule has 0 saturated heterocycles. The molecule has 0 spiro atoms. The molecule has 1 amide bonds. The van der Waals surface area contributed by atoms with E-state index in [0.29, 0.717) is 12.2 Å². The lowest BCUT2D eigenvalue weighted by Crippen LogP contribution is -2.53. The van der Waals surface area contributed by atoms with Gasteiger partial charge in [0.25, 0.3) is 5.91 Å². The summed E-state index contributed by atoms with van der Waals surface area (Å²) >= 11 is 0. The second kappa shape index (κ2) is 7.84. The maximum atomic E-state index is 12.8. The Labute approximate surface area is 172 Å². The zero-order chi connectivity index (χ0) is 20.4. The van der Waals surface area contributed by atoms with Gasteiger partial charge in [-0.15, -0.1) is 0 Å². The summed E-state index contributed by atoms with van der Waals surface area (Å²) in [6.07, 6.45) is 1.05. The summed E-state index contributed by atoms with van der Waals surface area (Å²) in [7, 11) is 0. The summed E-state index contributed by atoms with van der Waals surface area (Å²) < 4.78 is 1.81. The highest BCUT2D eigenvalue weighted by molar-refractivity contribution is 5.92. The van der Waals surface area contributed by atoms with Gasteiger partial charge in [-0.25, -0.2) is 4.68 Å². The predicted octanol–water partition coefficient (Wildman–Crippen LogP) is 3.75. The summed E-state index contributed by atoms with van der Waals surface area (Å²) in [5, 5.41) is 7.61. The third-order valence-electron chi connectivity index (χ3n) is 5.79. The Morgan fingerprint density at radius 3 is 2.52 bits per heavy atom. The number of amides is 1. The lowest BCUT2D eigenvalue weighted by Gasteiger charge is -2.41. The Balaban J connectivity index is 1.42. The molecule has 0 fully saturated rings. The van der Waals surface area contributed by atoms with Crippen LogP contribution >= 0.6 is 0 Å². The van der Waals surface area contributed by atoms with E-state index in [1.807, 2.05) is 48.0 Å². The number of para-hydroxylation sites is 1. The number of carbonyl (C=O) groups is 1. The Morgan fingerprint density at radius 1 is 1.07 bits per heavy atom. The van der Waals surface area contributed by atoms with Gasteiger partial charge >= 0.3 is 0 Å². The quantitative estimate of drug-likeness (QED) is 0.724. The first-order valence-corrected chi connectivity index (χ1v) is 10.2. The lowest BCUT2D eigenvalue weighted by molar-refractivity contribution is 0.0822. The van der Waals surface area contributed by atoms with Crippen molar-refractivity contribution in [2.45, 2.75) is 39.3 Å². The summed E-state index contributed by atoms with van der Waals surface area (Å²) in [6, 6.07) is 20.3. The number of aromatic nitrogens is 2. The van der Waals surface area contributed by atoms with Crippen LogP contribution in [0.5, 0.6) is 0 Å². The van der Waals surface area contributed by atoms with Crippen molar-refractivity contribution in [3.05, 3.63) is 83.2 Å². The minimum Gasteiger partial charge on any atom is -0.349 e. The van der Waals surface area contributed by atoms with Crippen molar-refractivity contribution >= 4 is 5.91 Å². The summed E-state index contributed by atoms with van der Waals surface area (Å²) in [4.78, 5) is 15.2. The van der Waals surface area contributed by atoms with Gasteiger partial charge in [0.05, 0.1) is 5.69 Å². The molecule has 0 atom stereocenters. The van der Waals surface area contributed by atoms with Crippen LogP contribution in [0, 0.1) is 6.92 Å². The molecule has 0 saturated carbocycles. The second-order valence-corrected chi connectivity index (χ2v) is 8.35. The Bertz CT molecular complexity index is 1010. The second-order valence-electron chi connectivity index (χ2n) is 8.35. The molecule has 0 unspecified atom stereocenters. The molecule has 1 aliphatic rings. The van der Waals surface area contributed by atoms with E-state index in [9.17, 15) is 4.79 Å². The highest BCUT2D eigenvalue weighted by atomic mass is 16.2. The zero-order valence-electron chi connectivity index (χ0n) is 17.4. The number of nitrogens with one attached hydrogen (secondary N) is 1. The monoisotopic (exact) mass is 388 g/mol. The molecule has 1 N–H and O–H groups in total. The number of benzene rings is 2. The number of rotatable bonds is 5. The summed E-state index contributed by atoms with van der Waals surface area (Å²) in [5.41, 5.74) is 5.02. The van der Waals surface area contributed by atoms with Crippen molar-refractivity contribution in [1.82, 2.24) is 20.0 Å². The molecule has 5 nitrogen and oxygen atoms in total. The van der Waals surface area contributed by atoms with Gasteiger partial charge in [0.2, 0.25) is 0 Å². The summed E-state index contributed by atoms with van der Waals surface area (Å²) in [6.45, 7) is 8.84. The SMILES string of the molecule is Cc1cc(C(=O)NCC(C)(C)N2CCc3ccccc3C2)nn1-c1ccccc1. The molecule has 150 valence electrons. The van der Waals surface area contributed by atoms with Gasteiger partial charge in [0.15, 0.2) is 5.69 Å². The standard InChI is InChI=1S/C24H28N4O/c1-18-15-22(26-28(18)21-11-5-4-6-12-21)23(29)25-17-24(2,3)27-14-13-19-9-7-8-10-20(19)16-27/h4-12,15H,13-14,16-17H2,1-3H3,(H,25,29). The number of hydrogen-bond acceptors (Lipinski definition) is 3. The van der Waals surface area contributed by atoms with Crippen molar-refractivity contribution in [3.63, 3.8) is 0 Å². The van der Waals surface area contributed by atoms with Crippen molar-refractivity contribution in [2.75, 3.05) is 13.1 Å². The van der Waals surface area contributed by atoms with E-state index in [1.54, 1.807) is 0 Å². The van der Waals surface area contributed by atoms with E-state index in [2.05, 4.69) is 53.4 Å². The van der Waals surface area contributed by atoms with E-state index >= 15 is 0 Å². The van der Waals surface area contributed by atoms with Crippen LogP contribution in [0.2, 0.25) is 0 Å². The topological polar surface area (TPSA) is 50.2 Å². The van der Waals surface area contributed by atoms with E-state index in [-0.39, 0.29) is 11.4 Å². The van der Waals surface area contributed by atoms with Gasteiger partial charge in [-0.2, -0.15) is 5.10 Å². The molecular weight excluding hydrogens is 360 g/mol. The predicted molar refractivity (Wildman–Crippen MR) is 115 cm³/mol. The highest BCUT2D eigenvalue weighted by Gasteiger charge is 2.30. The van der Waals surface area contributed by atoms with Crippen LogP contribution < -0.4 is 5.32 Å². The fourth-order valence-corrected chi connectivity index (χ4v) is 3.93. The van der Waals surface area contributed by atoms with E-state index in [4.69, 9.17) is 0 Å². The normalized spacial score (nSPS) is 14.4. The maximum absolute atomic E-state index is 12.8. The summed E-state index contributed by atoms with van der Waals surface area (Å²) in [5.74, 6) is -0.131. The largest absolute Gasteiger partial charge is 0.349 e. The molecule has 1 aromatic heterocycles. The van der Waals surface area contributed by atoms with E-state index < -0.39 is 0 Å². The van der Waals surface area contributed by atoms with Gasteiger partial charge in [-0.05, 0) is 56.5 Å². The van der Waals surface area contributed by atoms with Gasteiger partial charge in [0.1, 0.15) is 0 Å². The van der Waals surface area contributed by atoms with Gasteiger partial charge < -0.3 is 5.32 Å². The molecule has 1 aliphatic heterocycles. The number of fused-ring (bicyclic) bond motifs is 1. The lowest BCUT2D eigenvalue weighted by atomic mass is 9.94. The third-order valence-corrected chi connectivity index (χ3v) is 5.79. The molecule has 4 rings (SSSR count). The Morgan fingerprint density at radius 2 is 1.76 bits per heavy atom. The fraction of sp³-hybridized carbons (Fsp3) is 0.333. The molecule has 2 heterocycles. The molecule has 0 aliphatic carbocycles. The van der Waals surface area contributed by atoms with Crippen LogP contribution in [-0.2, 0) is 13.0 Å². The number of nitrogens with zero attached hydrogens (tertiary/aromatic N) is 3. The van der Waals surface area contributed by atoms with Gasteiger partial charge in [0, 0.05) is 30.9 Å². The first-order valence-electron chi connectivity index (χ1n) is 10.2. The minimum absolute atomic E-state index is 0.131. The van der Waals surface area contributed by atoms with Crippen molar-refractivity contribution in [3.8, 4) is 5.69 Å². The van der Waals surface area contributed by atoms with Crippen LogP contribution in [0.4, 0.5) is 0 Å². The Kier molecular flexibility index (Phi) is 5.24. The third kappa shape index (κ3) is 4.10. The molecule has 5 heteroatoms. The van der Waals surface area contributed by atoms with Crippen LogP contribution in [0.3, 0.4) is 0 Å². The van der Waals surface area contributed by atoms with Crippen LogP contribution in [0.1, 0.15) is 41.2 Å². The average molecular weight is 389 g/mol. The minimum atomic E-state index is -0.139. The molecule has 0 bridgehead atoms. The van der Waals surface area contributed by atoms with Crippen LogP contribution in [0.25, 0.3) is 5.69 Å². The molecule has 3 aromatic rings. The van der Waals surface area contributed by atoms with Crippen molar-refractivity contribution < 1.29 is 4.79 Å². The highest BCUT2D eigenvalue weighted by Crippen LogP contribution is 2.25. The van der Waals surface area contributed by atoms with E-state index in [1.165, 1.54) is 11.1 Å². The molecule has 29 heavy (non-hydrogen) atoms. The first-order chi connectivity index (χ1) is 13.9. The first kappa shape index (κ1) is 19.4. The van der Waals surface area contributed by atoms with Gasteiger partial charge in [-0.3, -0.25) is 9.69 Å². The Hall–Kier alpha value is -2.92. The molecule has 0 radical (unpaired) electrons. The molecule has 2 aromatic carbocycles. The van der Waals surface area contributed by atoms with Crippen LogP contribution in [-0.4, -0.2) is 39.2 Å². The average Bonchev–Trinajstić information content (AvgIpc) is 3.14. The van der Waals surface area contributed by atoms with Crippen LogP contribution in [0.15, 0.2) is 60.7 Å². The maximum Gasteiger partial charge on any atom is 0.271 e. The van der Waals surface area contributed by atoms with E-state index in [0.717, 1.165) is 30.9 Å². The smallest absolute Gasteiger partial charge is 0.271 e. The fourth-order valence-electron chi connectivity index (χ4n) is 3.93.